The average molecular weight is 508 g/mol. The third kappa shape index (κ3) is 5.00. The summed E-state index contributed by atoms with van der Waals surface area (Å²) >= 11 is 7.66. The van der Waals surface area contributed by atoms with E-state index in [1.807, 2.05) is 53.4 Å². The van der Waals surface area contributed by atoms with Crippen LogP contribution in [0.2, 0.25) is 5.02 Å². The van der Waals surface area contributed by atoms with Crippen LogP contribution in [0.5, 0.6) is 0 Å². The standard InChI is InChI=1S/C26H26ClN5O2S/c1-2-20(18-8-4-3-5-9-18)25(34)31-14-12-30(13-15-31)17-19-16-23(33)32-26(28-19)35-24(29-32)21-10-6-7-11-22(21)27/h3-11,16,20H,2,12-15,17H2,1H3. The number of nitrogens with zero attached hydrogens (tertiary/aromatic N) is 5. The molecule has 2 aromatic heterocycles. The fourth-order valence-corrected chi connectivity index (χ4v) is 5.74. The Kier molecular flexibility index (Phi) is 6.95. The van der Waals surface area contributed by atoms with E-state index in [1.165, 1.54) is 15.9 Å². The molecule has 0 spiro atoms. The highest BCUT2D eigenvalue weighted by molar-refractivity contribution is 7.19. The van der Waals surface area contributed by atoms with Gasteiger partial charge in [-0.3, -0.25) is 14.5 Å². The van der Waals surface area contributed by atoms with Gasteiger partial charge in [0.2, 0.25) is 10.9 Å². The van der Waals surface area contributed by atoms with Gasteiger partial charge in [0, 0.05) is 44.4 Å². The van der Waals surface area contributed by atoms with Crippen molar-refractivity contribution in [2.24, 2.45) is 0 Å². The number of piperazine rings is 1. The maximum absolute atomic E-state index is 13.2. The van der Waals surface area contributed by atoms with Crippen molar-refractivity contribution in [3.05, 3.63) is 87.3 Å². The predicted molar refractivity (Wildman–Crippen MR) is 139 cm³/mol. The second-order valence-corrected chi connectivity index (χ2v) is 10.0. The number of fused-ring (bicyclic) bond motifs is 1. The van der Waals surface area contributed by atoms with E-state index < -0.39 is 0 Å². The van der Waals surface area contributed by atoms with E-state index in [-0.39, 0.29) is 17.4 Å². The smallest absolute Gasteiger partial charge is 0.275 e. The van der Waals surface area contributed by atoms with Crippen molar-refractivity contribution in [3.63, 3.8) is 0 Å². The first-order chi connectivity index (χ1) is 17.0. The van der Waals surface area contributed by atoms with Gasteiger partial charge in [-0.25, -0.2) is 4.98 Å². The Labute approximate surface area is 212 Å². The maximum Gasteiger partial charge on any atom is 0.275 e. The first-order valence-electron chi connectivity index (χ1n) is 11.7. The summed E-state index contributed by atoms with van der Waals surface area (Å²) in [4.78, 5) is 35.3. The molecule has 180 valence electrons. The van der Waals surface area contributed by atoms with Gasteiger partial charge >= 0.3 is 0 Å². The van der Waals surface area contributed by atoms with Crippen molar-refractivity contribution in [2.75, 3.05) is 26.2 Å². The largest absolute Gasteiger partial charge is 0.340 e. The summed E-state index contributed by atoms with van der Waals surface area (Å²) < 4.78 is 1.33. The first kappa shape index (κ1) is 23.7. The highest BCUT2D eigenvalue weighted by Gasteiger charge is 2.27. The molecule has 1 saturated heterocycles. The highest BCUT2D eigenvalue weighted by atomic mass is 35.5. The lowest BCUT2D eigenvalue weighted by molar-refractivity contribution is -0.134. The number of carbonyl (C=O) groups excluding carboxylic acids is 1. The van der Waals surface area contributed by atoms with Crippen molar-refractivity contribution >= 4 is 33.8 Å². The minimum Gasteiger partial charge on any atom is -0.340 e. The van der Waals surface area contributed by atoms with Gasteiger partial charge in [0.25, 0.3) is 5.56 Å². The number of hydrogen-bond donors (Lipinski definition) is 0. The molecule has 0 radical (unpaired) electrons. The van der Waals surface area contributed by atoms with Crippen molar-refractivity contribution in [1.29, 1.82) is 0 Å². The SMILES string of the molecule is CCC(C(=O)N1CCN(Cc2cc(=O)n3nc(-c4ccccc4Cl)sc3n2)CC1)c1ccccc1. The lowest BCUT2D eigenvalue weighted by atomic mass is 9.95. The lowest BCUT2D eigenvalue weighted by Crippen LogP contribution is -2.49. The van der Waals surface area contributed by atoms with Crippen molar-refractivity contribution < 1.29 is 4.79 Å². The number of aromatic nitrogens is 3. The molecule has 7 nitrogen and oxygen atoms in total. The molecule has 0 N–H and O–H groups in total. The summed E-state index contributed by atoms with van der Waals surface area (Å²) in [5.74, 6) is 0.0819. The Morgan fingerprint density at radius 1 is 1.06 bits per heavy atom. The molecule has 1 fully saturated rings. The molecule has 35 heavy (non-hydrogen) atoms. The number of rotatable bonds is 6. The Hall–Kier alpha value is -3.07. The maximum atomic E-state index is 13.2. The van der Waals surface area contributed by atoms with Crippen LogP contribution in [0.25, 0.3) is 15.5 Å². The third-order valence-corrected chi connectivity index (χ3v) is 7.65. The average Bonchev–Trinajstić information content (AvgIpc) is 3.30. The van der Waals surface area contributed by atoms with Crippen LogP contribution in [0.4, 0.5) is 0 Å². The number of benzene rings is 2. The minimum absolute atomic E-state index is 0.106. The molecule has 1 unspecified atom stereocenters. The molecule has 3 heterocycles. The van der Waals surface area contributed by atoms with Crippen LogP contribution in [0.3, 0.4) is 0 Å². The molecule has 1 aliphatic rings. The van der Waals surface area contributed by atoms with Gasteiger partial charge in [0.05, 0.1) is 16.6 Å². The molecule has 1 amide bonds. The molecule has 0 aliphatic carbocycles. The Morgan fingerprint density at radius 2 is 1.77 bits per heavy atom. The molecule has 0 bridgehead atoms. The van der Waals surface area contributed by atoms with Crippen molar-refractivity contribution in [3.8, 4) is 10.6 Å². The number of carbonyl (C=O) groups is 1. The fourth-order valence-electron chi connectivity index (χ4n) is 4.49. The van der Waals surface area contributed by atoms with Gasteiger partial charge in [-0.1, -0.05) is 78.4 Å². The number of halogens is 1. The second kappa shape index (κ2) is 10.3. The van der Waals surface area contributed by atoms with E-state index >= 15 is 0 Å². The molecule has 2 aromatic carbocycles. The van der Waals surface area contributed by atoms with Gasteiger partial charge in [-0.05, 0) is 18.1 Å². The molecule has 5 rings (SSSR count). The number of amides is 1. The monoisotopic (exact) mass is 507 g/mol. The topological polar surface area (TPSA) is 70.8 Å². The first-order valence-corrected chi connectivity index (χ1v) is 12.9. The summed E-state index contributed by atoms with van der Waals surface area (Å²) in [5, 5.41) is 5.68. The summed E-state index contributed by atoms with van der Waals surface area (Å²) in [6.07, 6.45) is 0.780. The normalized spacial score (nSPS) is 15.4. The van der Waals surface area contributed by atoms with E-state index in [4.69, 9.17) is 16.6 Å². The van der Waals surface area contributed by atoms with E-state index in [0.29, 0.717) is 40.3 Å². The zero-order chi connectivity index (χ0) is 24.4. The van der Waals surface area contributed by atoms with Gasteiger partial charge in [-0.15, -0.1) is 0 Å². The van der Waals surface area contributed by atoms with E-state index in [2.05, 4.69) is 16.9 Å². The van der Waals surface area contributed by atoms with Crippen LogP contribution in [-0.4, -0.2) is 56.5 Å². The van der Waals surface area contributed by atoms with Crippen LogP contribution in [-0.2, 0) is 11.3 Å². The Balaban J connectivity index is 1.26. The van der Waals surface area contributed by atoms with Crippen molar-refractivity contribution in [2.45, 2.75) is 25.8 Å². The van der Waals surface area contributed by atoms with Gasteiger partial charge in [0.1, 0.15) is 5.01 Å². The summed E-state index contributed by atoms with van der Waals surface area (Å²) in [5.41, 5.74) is 2.36. The Morgan fingerprint density at radius 3 is 2.49 bits per heavy atom. The predicted octanol–water partition coefficient (Wildman–Crippen LogP) is 4.31. The van der Waals surface area contributed by atoms with E-state index in [0.717, 1.165) is 30.6 Å². The number of hydrogen-bond acceptors (Lipinski definition) is 6. The molecular formula is C26H26ClN5O2S. The quantitative estimate of drug-likeness (QED) is 0.389. The second-order valence-electron chi connectivity index (χ2n) is 8.64. The van der Waals surface area contributed by atoms with Crippen LogP contribution in [0, 0.1) is 0 Å². The van der Waals surface area contributed by atoms with Crippen LogP contribution in [0.1, 0.15) is 30.5 Å². The van der Waals surface area contributed by atoms with Gasteiger partial charge in [-0.2, -0.15) is 9.61 Å². The fraction of sp³-hybridized carbons (Fsp3) is 0.308. The van der Waals surface area contributed by atoms with E-state index in [9.17, 15) is 9.59 Å². The lowest BCUT2D eigenvalue weighted by Gasteiger charge is -2.36. The van der Waals surface area contributed by atoms with Crippen LogP contribution >= 0.6 is 22.9 Å². The molecule has 1 atom stereocenters. The zero-order valence-electron chi connectivity index (χ0n) is 19.4. The Bertz CT molecular complexity index is 1400. The summed E-state index contributed by atoms with van der Waals surface area (Å²) in [6, 6.07) is 19.0. The minimum atomic E-state index is -0.206. The summed E-state index contributed by atoms with van der Waals surface area (Å²) in [7, 11) is 0. The molecule has 4 aromatic rings. The molecule has 9 heteroatoms. The zero-order valence-corrected chi connectivity index (χ0v) is 21.0. The summed E-state index contributed by atoms with van der Waals surface area (Å²) in [6.45, 7) is 5.43. The van der Waals surface area contributed by atoms with Crippen LogP contribution in [0.15, 0.2) is 65.5 Å². The van der Waals surface area contributed by atoms with E-state index in [1.54, 1.807) is 12.1 Å². The van der Waals surface area contributed by atoms with Crippen LogP contribution < -0.4 is 5.56 Å². The highest BCUT2D eigenvalue weighted by Crippen LogP contribution is 2.30. The molecular weight excluding hydrogens is 482 g/mol. The van der Waals surface area contributed by atoms with Gasteiger partial charge in [0.15, 0.2) is 0 Å². The molecule has 0 saturated carbocycles. The molecule has 1 aliphatic heterocycles. The van der Waals surface area contributed by atoms with Gasteiger partial charge < -0.3 is 4.90 Å². The van der Waals surface area contributed by atoms with Crippen molar-refractivity contribution in [1.82, 2.24) is 24.4 Å². The third-order valence-electron chi connectivity index (χ3n) is 6.38.